The second kappa shape index (κ2) is 5.78. The summed E-state index contributed by atoms with van der Waals surface area (Å²) in [6, 6.07) is 2.01. The van der Waals surface area contributed by atoms with Crippen LogP contribution in [-0.4, -0.2) is 22.0 Å². The fourth-order valence-corrected chi connectivity index (χ4v) is 2.12. The van der Waals surface area contributed by atoms with Crippen LogP contribution in [-0.2, 0) is 6.42 Å². The molecule has 0 aliphatic heterocycles. The van der Waals surface area contributed by atoms with Crippen LogP contribution in [0.25, 0.3) is 11.3 Å². The number of hydrogen-bond donors (Lipinski definition) is 1. The molecule has 0 atom stereocenters. The zero-order valence-electron chi connectivity index (χ0n) is 12.0. The van der Waals surface area contributed by atoms with Gasteiger partial charge in [-0.3, -0.25) is 4.98 Å². The van der Waals surface area contributed by atoms with Crippen LogP contribution >= 0.6 is 0 Å². The van der Waals surface area contributed by atoms with Crippen molar-refractivity contribution >= 4 is 5.82 Å². The van der Waals surface area contributed by atoms with E-state index in [1.165, 1.54) is 5.56 Å². The second-order valence-electron chi connectivity index (χ2n) is 4.65. The minimum Gasteiger partial charge on any atom is -0.373 e. The smallest absolute Gasteiger partial charge is 0.133 e. The predicted molar refractivity (Wildman–Crippen MR) is 78.3 cm³/mol. The summed E-state index contributed by atoms with van der Waals surface area (Å²) in [7, 11) is 1.89. The number of rotatable bonds is 4. The Morgan fingerprint density at radius 2 is 2.00 bits per heavy atom. The predicted octanol–water partition coefficient (Wildman–Crippen LogP) is 3.15. The molecule has 2 heterocycles. The maximum Gasteiger partial charge on any atom is 0.133 e. The van der Waals surface area contributed by atoms with E-state index < -0.39 is 0 Å². The minimum atomic E-state index is 0.885. The number of anilines is 1. The van der Waals surface area contributed by atoms with Crippen molar-refractivity contribution in [2.24, 2.45) is 0 Å². The van der Waals surface area contributed by atoms with Crippen molar-refractivity contribution in [3.05, 3.63) is 35.4 Å². The van der Waals surface area contributed by atoms with E-state index in [4.69, 9.17) is 4.98 Å². The molecule has 0 fully saturated rings. The van der Waals surface area contributed by atoms with E-state index in [-0.39, 0.29) is 0 Å². The summed E-state index contributed by atoms with van der Waals surface area (Å²) in [5, 5.41) is 3.15. The summed E-state index contributed by atoms with van der Waals surface area (Å²) in [4.78, 5) is 13.5. The van der Waals surface area contributed by atoms with Crippen LogP contribution in [0.4, 0.5) is 5.82 Å². The Morgan fingerprint density at radius 1 is 1.21 bits per heavy atom. The highest BCUT2D eigenvalue weighted by molar-refractivity contribution is 5.70. The van der Waals surface area contributed by atoms with Gasteiger partial charge in [-0.15, -0.1) is 0 Å². The summed E-state index contributed by atoms with van der Waals surface area (Å²) < 4.78 is 0. The van der Waals surface area contributed by atoms with Gasteiger partial charge in [0.1, 0.15) is 11.6 Å². The second-order valence-corrected chi connectivity index (χ2v) is 4.65. The number of nitrogens with one attached hydrogen (secondary N) is 1. The zero-order valence-corrected chi connectivity index (χ0v) is 12.0. The van der Waals surface area contributed by atoms with Crippen LogP contribution in [0.15, 0.2) is 18.5 Å². The quantitative estimate of drug-likeness (QED) is 0.913. The van der Waals surface area contributed by atoms with Crippen LogP contribution < -0.4 is 5.32 Å². The van der Waals surface area contributed by atoms with Crippen molar-refractivity contribution in [3.63, 3.8) is 0 Å². The normalized spacial score (nSPS) is 10.5. The molecule has 2 aromatic rings. The summed E-state index contributed by atoms with van der Waals surface area (Å²) >= 11 is 0. The minimum absolute atomic E-state index is 0.885. The van der Waals surface area contributed by atoms with E-state index in [2.05, 4.69) is 29.1 Å². The molecule has 0 spiro atoms. The average Bonchev–Trinajstić information content (AvgIpc) is 2.42. The molecule has 0 unspecified atom stereocenters. The Balaban J connectivity index is 2.61. The highest BCUT2D eigenvalue weighted by atomic mass is 15.0. The van der Waals surface area contributed by atoms with Crippen LogP contribution in [0.3, 0.4) is 0 Å². The largest absolute Gasteiger partial charge is 0.373 e. The highest BCUT2D eigenvalue weighted by Gasteiger charge is 2.13. The van der Waals surface area contributed by atoms with E-state index in [1.807, 2.05) is 26.2 Å². The van der Waals surface area contributed by atoms with Gasteiger partial charge in [0.05, 0.1) is 5.69 Å². The molecule has 0 aliphatic carbocycles. The summed E-state index contributed by atoms with van der Waals surface area (Å²) in [6.07, 6.45) is 5.61. The first-order chi connectivity index (χ1) is 9.17. The average molecular weight is 256 g/mol. The summed E-state index contributed by atoms with van der Waals surface area (Å²) in [5.74, 6) is 1.78. The summed E-state index contributed by atoms with van der Waals surface area (Å²) in [5.41, 5.74) is 4.31. The topological polar surface area (TPSA) is 50.7 Å². The number of aryl methyl sites for hydroxylation is 2. The van der Waals surface area contributed by atoms with Crippen molar-refractivity contribution in [2.75, 3.05) is 12.4 Å². The Morgan fingerprint density at radius 3 is 2.63 bits per heavy atom. The van der Waals surface area contributed by atoms with Crippen LogP contribution in [0.5, 0.6) is 0 Å². The Labute approximate surface area is 114 Å². The fourth-order valence-electron chi connectivity index (χ4n) is 2.12. The number of pyridine rings is 1. The molecule has 0 saturated carbocycles. The first-order valence-electron chi connectivity index (χ1n) is 6.63. The van der Waals surface area contributed by atoms with Gasteiger partial charge in [0.15, 0.2) is 0 Å². The van der Waals surface area contributed by atoms with E-state index in [0.29, 0.717) is 0 Å². The molecule has 0 bridgehead atoms. The first-order valence-corrected chi connectivity index (χ1v) is 6.63. The van der Waals surface area contributed by atoms with Gasteiger partial charge in [0, 0.05) is 37.0 Å². The molecule has 0 saturated heterocycles. The Bertz CT molecular complexity index is 578. The fraction of sp³-hybridized carbons (Fsp3) is 0.400. The SMILES string of the molecule is CCCc1nc(NC)c(C)c(-c2cnccc2C)n1. The molecular formula is C15H20N4. The highest BCUT2D eigenvalue weighted by Crippen LogP contribution is 2.27. The first kappa shape index (κ1) is 13.5. The number of nitrogens with zero attached hydrogens (tertiary/aromatic N) is 3. The third-order valence-electron chi connectivity index (χ3n) is 3.20. The van der Waals surface area contributed by atoms with Crippen LogP contribution in [0.2, 0.25) is 0 Å². The van der Waals surface area contributed by atoms with E-state index >= 15 is 0 Å². The maximum absolute atomic E-state index is 4.71. The molecule has 2 aromatic heterocycles. The van der Waals surface area contributed by atoms with Gasteiger partial charge < -0.3 is 5.32 Å². The van der Waals surface area contributed by atoms with Gasteiger partial charge in [-0.05, 0) is 31.9 Å². The molecule has 0 radical (unpaired) electrons. The molecule has 4 nitrogen and oxygen atoms in total. The molecule has 0 amide bonds. The van der Waals surface area contributed by atoms with Gasteiger partial charge in [-0.25, -0.2) is 9.97 Å². The molecule has 1 N–H and O–H groups in total. The lowest BCUT2D eigenvalue weighted by atomic mass is 10.0. The van der Waals surface area contributed by atoms with Gasteiger partial charge in [-0.2, -0.15) is 0 Å². The van der Waals surface area contributed by atoms with Gasteiger partial charge in [0.25, 0.3) is 0 Å². The van der Waals surface area contributed by atoms with Crippen molar-refractivity contribution in [1.29, 1.82) is 0 Å². The summed E-state index contributed by atoms with van der Waals surface area (Å²) in [6.45, 7) is 6.26. The van der Waals surface area contributed by atoms with E-state index in [0.717, 1.165) is 41.3 Å². The van der Waals surface area contributed by atoms with Gasteiger partial charge in [0.2, 0.25) is 0 Å². The molecule has 0 aliphatic rings. The van der Waals surface area contributed by atoms with Crippen molar-refractivity contribution in [3.8, 4) is 11.3 Å². The number of aromatic nitrogens is 3. The van der Waals surface area contributed by atoms with Crippen molar-refractivity contribution in [2.45, 2.75) is 33.6 Å². The van der Waals surface area contributed by atoms with Crippen LogP contribution in [0.1, 0.15) is 30.3 Å². The third kappa shape index (κ3) is 2.72. The van der Waals surface area contributed by atoms with E-state index in [9.17, 15) is 0 Å². The zero-order chi connectivity index (χ0) is 13.8. The Kier molecular flexibility index (Phi) is 4.10. The lowest BCUT2D eigenvalue weighted by Gasteiger charge is -2.13. The van der Waals surface area contributed by atoms with Gasteiger partial charge in [-0.1, -0.05) is 6.92 Å². The lowest BCUT2D eigenvalue weighted by molar-refractivity contribution is 0.834. The molecular weight excluding hydrogens is 236 g/mol. The molecule has 2 rings (SSSR count). The number of hydrogen-bond acceptors (Lipinski definition) is 4. The lowest BCUT2D eigenvalue weighted by Crippen LogP contribution is -2.06. The molecule has 100 valence electrons. The maximum atomic E-state index is 4.71. The van der Waals surface area contributed by atoms with E-state index in [1.54, 1.807) is 6.20 Å². The van der Waals surface area contributed by atoms with Crippen molar-refractivity contribution < 1.29 is 0 Å². The van der Waals surface area contributed by atoms with Crippen LogP contribution in [0, 0.1) is 13.8 Å². The molecule has 0 aromatic carbocycles. The standard InChI is InChI=1S/C15H20N4/c1-5-6-13-18-14(11(3)15(16-4)19-13)12-9-17-8-7-10(12)2/h7-9H,5-6H2,1-4H3,(H,16,18,19). The molecule has 4 heteroatoms. The Hall–Kier alpha value is -1.97. The molecule has 19 heavy (non-hydrogen) atoms. The monoisotopic (exact) mass is 256 g/mol. The third-order valence-corrected chi connectivity index (χ3v) is 3.20. The van der Waals surface area contributed by atoms with Gasteiger partial charge >= 0.3 is 0 Å². The van der Waals surface area contributed by atoms with Crippen molar-refractivity contribution in [1.82, 2.24) is 15.0 Å².